The minimum absolute atomic E-state index is 0.108. The Morgan fingerprint density at radius 2 is 1.88 bits per heavy atom. The lowest BCUT2D eigenvalue weighted by Crippen LogP contribution is -2.27. The van der Waals surface area contributed by atoms with Crippen LogP contribution >= 0.6 is 35.0 Å². The summed E-state index contributed by atoms with van der Waals surface area (Å²) in [6.45, 7) is 0. The maximum atomic E-state index is 11.3. The lowest BCUT2D eigenvalue weighted by molar-refractivity contribution is -0.145. The quantitative estimate of drug-likeness (QED) is 0.562. The van der Waals surface area contributed by atoms with Crippen LogP contribution in [0.25, 0.3) is 0 Å². The number of hydrogen-bond donors (Lipinski definition) is 2. The Kier molecular flexibility index (Phi) is 7.75. The van der Waals surface area contributed by atoms with Gasteiger partial charge in [0.2, 0.25) is 0 Å². The van der Waals surface area contributed by atoms with Crippen LogP contribution in [0, 0.1) is 0 Å². The van der Waals surface area contributed by atoms with Crippen molar-refractivity contribution in [3.63, 3.8) is 0 Å². The average molecular weight is 401 g/mol. The first-order valence-electron chi connectivity index (χ1n) is 7.66. The maximum Gasteiger partial charge on any atom is 0.344 e. The molecule has 1 unspecified atom stereocenters. The van der Waals surface area contributed by atoms with Gasteiger partial charge in [-0.1, -0.05) is 29.3 Å². The Morgan fingerprint density at radius 3 is 2.52 bits per heavy atom. The largest absolute Gasteiger partial charge is 0.508 e. The molecule has 0 aromatic heterocycles. The second-order valence-corrected chi connectivity index (χ2v) is 7.32. The molecule has 0 radical (unpaired) electrons. The fourth-order valence-corrected chi connectivity index (χ4v) is 3.65. The number of ether oxygens (including phenoxy) is 1. The van der Waals surface area contributed by atoms with Gasteiger partial charge in [-0.25, -0.2) is 4.79 Å². The Morgan fingerprint density at radius 1 is 1.16 bits per heavy atom. The van der Waals surface area contributed by atoms with E-state index in [4.69, 9.17) is 27.9 Å². The van der Waals surface area contributed by atoms with Gasteiger partial charge in [-0.15, -0.1) is 0 Å². The molecule has 0 fully saturated rings. The summed E-state index contributed by atoms with van der Waals surface area (Å²) in [7, 11) is 0. The molecule has 0 aliphatic heterocycles. The molecule has 0 aliphatic carbocycles. The third-order valence-corrected chi connectivity index (χ3v) is 5.10. The number of aliphatic carboxylic acids is 1. The van der Waals surface area contributed by atoms with Gasteiger partial charge in [0.05, 0.1) is 0 Å². The summed E-state index contributed by atoms with van der Waals surface area (Å²) in [6.07, 6.45) is 0.187. The number of phenolic OH excluding ortho intramolecular Hbond substituents is 1. The minimum atomic E-state index is -1.00. The highest BCUT2D eigenvalue weighted by Gasteiger charge is 2.19. The molecule has 2 rings (SSSR count). The van der Waals surface area contributed by atoms with Crippen molar-refractivity contribution in [3.05, 3.63) is 58.1 Å². The van der Waals surface area contributed by atoms with E-state index in [9.17, 15) is 15.0 Å². The number of carboxylic acid groups (broad SMARTS) is 1. The van der Waals surface area contributed by atoms with Crippen LogP contribution in [0.15, 0.2) is 42.5 Å². The van der Waals surface area contributed by atoms with Gasteiger partial charge < -0.3 is 14.9 Å². The Bertz CT molecular complexity index is 707. The van der Waals surface area contributed by atoms with Crippen LogP contribution < -0.4 is 4.74 Å². The summed E-state index contributed by atoms with van der Waals surface area (Å²) >= 11 is 13.7. The van der Waals surface area contributed by atoms with Crippen LogP contribution in [0.1, 0.15) is 18.4 Å². The normalized spacial score (nSPS) is 11.9. The van der Waals surface area contributed by atoms with E-state index in [1.165, 1.54) is 12.1 Å². The molecule has 0 saturated heterocycles. The number of aromatic hydroxyl groups is 1. The van der Waals surface area contributed by atoms with Gasteiger partial charge in [0.15, 0.2) is 6.10 Å². The molecule has 134 valence electrons. The van der Waals surface area contributed by atoms with Gasteiger partial charge >= 0.3 is 5.97 Å². The molecule has 25 heavy (non-hydrogen) atoms. The summed E-state index contributed by atoms with van der Waals surface area (Å²) in [5, 5.41) is 19.8. The molecular weight excluding hydrogens is 383 g/mol. The summed E-state index contributed by atoms with van der Waals surface area (Å²) in [4.78, 5) is 11.3. The second-order valence-electron chi connectivity index (χ2n) is 5.37. The van der Waals surface area contributed by atoms with E-state index >= 15 is 0 Å². The van der Waals surface area contributed by atoms with Gasteiger partial charge in [-0.3, -0.25) is 0 Å². The first-order valence-corrected chi connectivity index (χ1v) is 9.57. The summed E-state index contributed by atoms with van der Waals surface area (Å²) in [5.41, 5.74) is 1.01. The zero-order valence-electron chi connectivity index (χ0n) is 13.3. The molecule has 0 heterocycles. The highest BCUT2D eigenvalue weighted by Crippen LogP contribution is 2.25. The summed E-state index contributed by atoms with van der Waals surface area (Å²) in [6, 6.07) is 11.4. The maximum absolute atomic E-state index is 11.3. The number of halogens is 2. The standard InChI is InChI=1S/C18H18Cl2O4S/c19-13-4-3-12(16(20)10-13)11-25-9-1-2-17(18(22)23)24-15-7-5-14(21)6-8-15/h3-8,10,17,21H,1-2,9,11H2,(H,22,23). The predicted octanol–water partition coefficient (Wildman–Crippen LogP) is 5.24. The lowest BCUT2D eigenvalue weighted by Gasteiger charge is -2.15. The van der Waals surface area contributed by atoms with Gasteiger partial charge in [0, 0.05) is 15.8 Å². The molecule has 4 nitrogen and oxygen atoms in total. The highest BCUT2D eigenvalue weighted by molar-refractivity contribution is 7.98. The van der Waals surface area contributed by atoms with E-state index in [0.29, 0.717) is 28.6 Å². The van der Waals surface area contributed by atoms with E-state index in [1.54, 1.807) is 36.0 Å². The van der Waals surface area contributed by atoms with Crippen molar-refractivity contribution in [1.29, 1.82) is 0 Å². The van der Waals surface area contributed by atoms with Crippen molar-refractivity contribution in [1.82, 2.24) is 0 Å². The highest BCUT2D eigenvalue weighted by atomic mass is 35.5. The van der Waals surface area contributed by atoms with Crippen molar-refractivity contribution >= 4 is 40.9 Å². The number of thioether (sulfide) groups is 1. The van der Waals surface area contributed by atoms with E-state index < -0.39 is 12.1 Å². The Balaban J connectivity index is 1.75. The molecule has 0 spiro atoms. The first-order chi connectivity index (χ1) is 12.0. The van der Waals surface area contributed by atoms with Crippen molar-refractivity contribution in [2.24, 2.45) is 0 Å². The third kappa shape index (κ3) is 6.69. The topological polar surface area (TPSA) is 66.8 Å². The Labute approximate surface area is 160 Å². The molecule has 0 amide bonds. The fraction of sp³-hybridized carbons (Fsp3) is 0.278. The lowest BCUT2D eigenvalue weighted by atomic mass is 10.2. The van der Waals surface area contributed by atoms with Gasteiger partial charge in [0.25, 0.3) is 0 Å². The molecule has 7 heteroatoms. The summed E-state index contributed by atoms with van der Waals surface area (Å²) in [5.74, 6) is 1.06. The van der Waals surface area contributed by atoms with Crippen LogP contribution in [0.3, 0.4) is 0 Å². The van der Waals surface area contributed by atoms with E-state index in [0.717, 1.165) is 17.1 Å². The predicted molar refractivity (Wildman–Crippen MR) is 102 cm³/mol. The molecule has 0 bridgehead atoms. The summed E-state index contributed by atoms with van der Waals surface area (Å²) < 4.78 is 5.47. The van der Waals surface area contributed by atoms with E-state index in [1.807, 2.05) is 6.07 Å². The van der Waals surface area contributed by atoms with Crippen molar-refractivity contribution < 1.29 is 19.7 Å². The minimum Gasteiger partial charge on any atom is -0.508 e. The molecule has 1 atom stereocenters. The van der Waals surface area contributed by atoms with Gasteiger partial charge in [0.1, 0.15) is 11.5 Å². The second kappa shape index (κ2) is 9.80. The Hall–Kier alpha value is -1.56. The molecule has 2 aromatic rings. The van der Waals surface area contributed by atoms with Crippen molar-refractivity contribution in [2.75, 3.05) is 5.75 Å². The number of phenols is 1. The molecule has 2 N–H and O–H groups in total. The zero-order chi connectivity index (χ0) is 18.2. The first kappa shape index (κ1) is 19.8. The van der Waals surface area contributed by atoms with E-state index in [2.05, 4.69) is 0 Å². The third-order valence-electron chi connectivity index (χ3n) is 3.42. The number of rotatable bonds is 9. The number of carboxylic acids is 1. The molecule has 2 aromatic carbocycles. The smallest absolute Gasteiger partial charge is 0.344 e. The number of hydrogen-bond acceptors (Lipinski definition) is 4. The van der Waals surface area contributed by atoms with Crippen molar-refractivity contribution in [2.45, 2.75) is 24.7 Å². The average Bonchev–Trinajstić information content (AvgIpc) is 2.56. The number of benzene rings is 2. The van der Waals surface area contributed by atoms with Crippen LogP contribution in [0.4, 0.5) is 0 Å². The number of carbonyl (C=O) groups is 1. The SMILES string of the molecule is O=C(O)C(CCCSCc1ccc(Cl)cc1Cl)Oc1ccc(O)cc1. The van der Waals surface area contributed by atoms with Crippen LogP contribution in [0.5, 0.6) is 11.5 Å². The van der Waals surface area contributed by atoms with Gasteiger partial charge in [-0.05, 0) is 60.6 Å². The zero-order valence-corrected chi connectivity index (χ0v) is 15.7. The molecular formula is C18H18Cl2O4S. The van der Waals surface area contributed by atoms with Crippen LogP contribution in [-0.2, 0) is 10.5 Å². The van der Waals surface area contributed by atoms with Gasteiger partial charge in [-0.2, -0.15) is 11.8 Å². The fourth-order valence-electron chi connectivity index (χ4n) is 2.11. The molecule has 0 aliphatic rings. The van der Waals surface area contributed by atoms with Crippen LogP contribution in [-0.4, -0.2) is 28.0 Å². The molecule has 0 saturated carbocycles. The monoisotopic (exact) mass is 400 g/mol. The van der Waals surface area contributed by atoms with Crippen molar-refractivity contribution in [3.8, 4) is 11.5 Å². The van der Waals surface area contributed by atoms with E-state index in [-0.39, 0.29) is 5.75 Å². The van der Waals surface area contributed by atoms with Crippen LogP contribution in [0.2, 0.25) is 10.0 Å².